The second-order valence-corrected chi connectivity index (χ2v) is 7.50. The maximum Gasteiger partial charge on any atom is 0.407 e. The predicted octanol–water partition coefficient (Wildman–Crippen LogP) is 3.21. The van der Waals surface area contributed by atoms with Gasteiger partial charge in [-0.15, -0.1) is 0 Å². The zero-order valence-electron chi connectivity index (χ0n) is 14.4. The first kappa shape index (κ1) is 17.7. The largest absolute Gasteiger partial charge is 0.444 e. The minimum Gasteiger partial charge on any atom is -0.444 e. The van der Waals surface area contributed by atoms with Crippen molar-refractivity contribution < 1.29 is 13.9 Å². The van der Waals surface area contributed by atoms with Crippen LogP contribution in [0.5, 0.6) is 0 Å². The molecule has 0 saturated carbocycles. The molecule has 0 aromatic heterocycles. The van der Waals surface area contributed by atoms with E-state index in [1.54, 1.807) is 12.1 Å². The van der Waals surface area contributed by atoms with Crippen molar-refractivity contribution >= 4 is 6.09 Å². The number of rotatable bonds is 3. The molecule has 1 N–H and O–H groups in total. The second kappa shape index (κ2) is 7.30. The number of benzene rings is 1. The van der Waals surface area contributed by atoms with E-state index < -0.39 is 5.60 Å². The number of nitrogens with zero attached hydrogens (tertiary/aromatic N) is 1. The minimum atomic E-state index is -0.494. The van der Waals surface area contributed by atoms with Crippen molar-refractivity contribution in [1.82, 2.24) is 10.2 Å². The van der Waals surface area contributed by atoms with Gasteiger partial charge in [0.15, 0.2) is 0 Å². The first-order chi connectivity index (χ1) is 10.7. The normalized spacial score (nSPS) is 22.7. The Labute approximate surface area is 138 Å². The van der Waals surface area contributed by atoms with Crippen LogP contribution in [0.2, 0.25) is 0 Å². The Morgan fingerprint density at radius 2 is 2.13 bits per heavy atom. The molecule has 2 rings (SSSR count). The van der Waals surface area contributed by atoms with Crippen LogP contribution in [-0.4, -0.2) is 42.8 Å². The molecule has 1 amide bonds. The monoisotopic (exact) mass is 322 g/mol. The number of likely N-dealkylation sites (N-methyl/N-ethyl adjacent to an activating group) is 1. The number of nitrogens with one attached hydrogen (secondary N) is 1. The number of carbonyl (C=O) groups excluding carboxylic acids is 1. The number of ether oxygens (including phenoxy) is 1. The summed E-state index contributed by atoms with van der Waals surface area (Å²) in [5.74, 6) is 0.186. The topological polar surface area (TPSA) is 41.6 Å². The number of carbonyl (C=O) groups is 1. The van der Waals surface area contributed by atoms with Gasteiger partial charge in [-0.25, -0.2) is 9.18 Å². The molecule has 0 radical (unpaired) electrons. The van der Waals surface area contributed by atoms with Crippen molar-refractivity contribution in [2.24, 2.45) is 5.92 Å². The van der Waals surface area contributed by atoms with Gasteiger partial charge in [0.25, 0.3) is 0 Å². The van der Waals surface area contributed by atoms with Gasteiger partial charge < -0.3 is 15.0 Å². The van der Waals surface area contributed by atoms with Gasteiger partial charge in [-0.2, -0.15) is 0 Å². The molecule has 1 heterocycles. The molecule has 2 unspecified atom stereocenters. The lowest BCUT2D eigenvalue weighted by Gasteiger charge is -2.36. The van der Waals surface area contributed by atoms with Crippen molar-refractivity contribution in [3.05, 3.63) is 35.6 Å². The van der Waals surface area contributed by atoms with Crippen LogP contribution in [0.15, 0.2) is 24.3 Å². The molecule has 1 aromatic rings. The first-order valence-electron chi connectivity index (χ1n) is 8.14. The van der Waals surface area contributed by atoms with E-state index in [0.29, 0.717) is 5.92 Å². The molecule has 1 aliphatic rings. The Morgan fingerprint density at radius 1 is 1.39 bits per heavy atom. The SMILES string of the molecule is CN1CC(Cc2cccc(F)c2)CC(NC(=O)OC(C)(C)C)C1. The van der Waals surface area contributed by atoms with Crippen LogP contribution in [-0.2, 0) is 11.2 Å². The van der Waals surface area contributed by atoms with Gasteiger partial charge in [-0.05, 0) is 64.3 Å². The molecular formula is C18H27FN2O2. The molecule has 23 heavy (non-hydrogen) atoms. The summed E-state index contributed by atoms with van der Waals surface area (Å²) in [6, 6.07) is 6.80. The van der Waals surface area contributed by atoms with E-state index in [1.165, 1.54) is 6.07 Å². The molecule has 128 valence electrons. The summed E-state index contributed by atoms with van der Waals surface area (Å²) in [4.78, 5) is 14.1. The van der Waals surface area contributed by atoms with Gasteiger partial charge in [0.1, 0.15) is 11.4 Å². The third-order valence-electron chi connectivity index (χ3n) is 3.85. The highest BCUT2D eigenvalue weighted by atomic mass is 19.1. The van der Waals surface area contributed by atoms with E-state index in [9.17, 15) is 9.18 Å². The molecule has 1 aromatic carbocycles. The van der Waals surface area contributed by atoms with Crippen LogP contribution >= 0.6 is 0 Å². The Bertz CT molecular complexity index is 542. The zero-order valence-corrected chi connectivity index (χ0v) is 14.4. The van der Waals surface area contributed by atoms with Gasteiger partial charge >= 0.3 is 6.09 Å². The van der Waals surface area contributed by atoms with Crippen molar-refractivity contribution in [2.75, 3.05) is 20.1 Å². The summed E-state index contributed by atoms with van der Waals surface area (Å²) in [5, 5.41) is 2.96. The van der Waals surface area contributed by atoms with Crippen molar-refractivity contribution in [1.29, 1.82) is 0 Å². The fourth-order valence-electron chi connectivity index (χ4n) is 3.17. The van der Waals surface area contributed by atoms with E-state index in [1.807, 2.05) is 33.9 Å². The summed E-state index contributed by atoms with van der Waals surface area (Å²) < 4.78 is 18.6. The van der Waals surface area contributed by atoms with Crippen LogP contribution in [0.25, 0.3) is 0 Å². The summed E-state index contributed by atoms with van der Waals surface area (Å²) >= 11 is 0. The number of likely N-dealkylation sites (tertiary alicyclic amines) is 1. The van der Waals surface area contributed by atoms with Crippen LogP contribution in [0.1, 0.15) is 32.8 Å². The molecule has 1 fully saturated rings. The quantitative estimate of drug-likeness (QED) is 0.929. The van der Waals surface area contributed by atoms with E-state index in [2.05, 4.69) is 10.2 Å². The van der Waals surface area contributed by atoms with Gasteiger partial charge in [-0.1, -0.05) is 12.1 Å². The molecule has 5 heteroatoms. The molecule has 4 nitrogen and oxygen atoms in total. The van der Waals surface area contributed by atoms with Crippen molar-refractivity contribution in [2.45, 2.75) is 45.3 Å². The maximum absolute atomic E-state index is 13.3. The van der Waals surface area contributed by atoms with E-state index in [4.69, 9.17) is 4.74 Å². The summed E-state index contributed by atoms with van der Waals surface area (Å²) in [5.41, 5.74) is 0.507. The Kier molecular flexibility index (Phi) is 5.63. The smallest absolute Gasteiger partial charge is 0.407 e. The predicted molar refractivity (Wildman–Crippen MR) is 88.9 cm³/mol. The average molecular weight is 322 g/mol. The van der Waals surface area contributed by atoms with Crippen molar-refractivity contribution in [3.63, 3.8) is 0 Å². The van der Waals surface area contributed by atoms with E-state index in [0.717, 1.165) is 31.5 Å². The molecule has 0 aliphatic carbocycles. The summed E-state index contributed by atoms with van der Waals surface area (Å²) in [6.07, 6.45) is 1.32. The lowest BCUT2D eigenvalue weighted by Crippen LogP contribution is -2.50. The number of amides is 1. The number of alkyl carbamates (subject to hydrolysis) is 1. The zero-order chi connectivity index (χ0) is 17.0. The standard InChI is InChI=1S/C18H27FN2O2/c1-18(2,3)23-17(22)20-16-10-14(11-21(4)12-16)8-13-6-5-7-15(19)9-13/h5-7,9,14,16H,8,10-12H2,1-4H3,(H,20,22). The highest BCUT2D eigenvalue weighted by Gasteiger charge is 2.28. The van der Waals surface area contributed by atoms with Gasteiger partial charge in [0, 0.05) is 19.1 Å². The third-order valence-corrected chi connectivity index (χ3v) is 3.85. The maximum atomic E-state index is 13.3. The van der Waals surface area contributed by atoms with Gasteiger partial charge in [0.05, 0.1) is 0 Å². The minimum absolute atomic E-state index is 0.0576. The molecule has 0 bridgehead atoms. The number of hydrogen-bond donors (Lipinski definition) is 1. The lowest BCUT2D eigenvalue weighted by molar-refractivity contribution is 0.0461. The highest BCUT2D eigenvalue weighted by Crippen LogP contribution is 2.21. The average Bonchev–Trinajstić information content (AvgIpc) is 2.35. The fourth-order valence-corrected chi connectivity index (χ4v) is 3.17. The Balaban J connectivity index is 1.92. The van der Waals surface area contributed by atoms with Crippen molar-refractivity contribution in [3.8, 4) is 0 Å². The van der Waals surface area contributed by atoms with Crippen LogP contribution < -0.4 is 5.32 Å². The summed E-state index contributed by atoms with van der Waals surface area (Å²) in [7, 11) is 2.04. The second-order valence-electron chi connectivity index (χ2n) is 7.50. The lowest BCUT2D eigenvalue weighted by atomic mass is 9.89. The molecule has 1 saturated heterocycles. The molecule has 1 aliphatic heterocycles. The number of piperidine rings is 1. The highest BCUT2D eigenvalue weighted by molar-refractivity contribution is 5.68. The molecular weight excluding hydrogens is 295 g/mol. The van der Waals surface area contributed by atoms with E-state index >= 15 is 0 Å². The van der Waals surface area contributed by atoms with Gasteiger partial charge in [0.2, 0.25) is 0 Å². The Hall–Kier alpha value is -1.62. The molecule has 2 atom stereocenters. The fraction of sp³-hybridized carbons (Fsp3) is 0.611. The van der Waals surface area contributed by atoms with E-state index in [-0.39, 0.29) is 18.0 Å². The van der Waals surface area contributed by atoms with Crippen LogP contribution in [0, 0.1) is 11.7 Å². The third kappa shape index (κ3) is 6.18. The number of halogens is 1. The molecule has 0 spiro atoms. The summed E-state index contributed by atoms with van der Waals surface area (Å²) in [6.45, 7) is 7.31. The van der Waals surface area contributed by atoms with Gasteiger partial charge in [-0.3, -0.25) is 0 Å². The van der Waals surface area contributed by atoms with Crippen LogP contribution in [0.3, 0.4) is 0 Å². The Morgan fingerprint density at radius 3 is 2.78 bits per heavy atom. The van der Waals surface area contributed by atoms with Crippen LogP contribution in [0.4, 0.5) is 9.18 Å². The first-order valence-corrected chi connectivity index (χ1v) is 8.14. The number of hydrogen-bond acceptors (Lipinski definition) is 3.